The summed E-state index contributed by atoms with van der Waals surface area (Å²) in [5.41, 5.74) is -0.338. The summed E-state index contributed by atoms with van der Waals surface area (Å²) < 4.78 is 2.21. The Morgan fingerprint density at radius 3 is 2.73 bits per heavy atom. The zero-order valence-corrected chi connectivity index (χ0v) is 16.5. The molecule has 152 valence electrons. The minimum Gasteiger partial charge on any atom is -0.506 e. The van der Waals surface area contributed by atoms with Crippen LogP contribution in [-0.4, -0.2) is 42.7 Å². The molecule has 1 amide bonds. The number of carbonyl (C=O) groups excluding carboxylic acids is 1. The van der Waals surface area contributed by atoms with Crippen molar-refractivity contribution in [2.75, 3.05) is 0 Å². The van der Waals surface area contributed by atoms with Crippen LogP contribution < -0.4 is 10.9 Å². The van der Waals surface area contributed by atoms with Crippen LogP contribution in [0.1, 0.15) is 22.3 Å². The number of aromatic hydroxyl groups is 1. The van der Waals surface area contributed by atoms with Crippen LogP contribution in [0.25, 0.3) is 21.3 Å². The van der Waals surface area contributed by atoms with Crippen LogP contribution >= 0.6 is 11.3 Å². The molecule has 0 aliphatic rings. The van der Waals surface area contributed by atoms with Crippen LogP contribution in [-0.2, 0) is 11.3 Å². The van der Waals surface area contributed by atoms with E-state index < -0.39 is 34.8 Å². The number of benzene rings is 1. The summed E-state index contributed by atoms with van der Waals surface area (Å²) in [6.07, 6.45) is 1.47. The van der Waals surface area contributed by atoms with Gasteiger partial charge in [0, 0.05) is 6.20 Å². The molecule has 3 aromatic heterocycles. The van der Waals surface area contributed by atoms with Crippen LogP contribution in [0.15, 0.2) is 47.4 Å². The predicted octanol–water partition coefficient (Wildman–Crippen LogP) is 1.96. The summed E-state index contributed by atoms with van der Waals surface area (Å²) >= 11 is 1.40. The van der Waals surface area contributed by atoms with Crippen molar-refractivity contribution in [2.45, 2.75) is 19.5 Å². The minimum absolute atomic E-state index is 0.0424. The van der Waals surface area contributed by atoms with Gasteiger partial charge in [-0.25, -0.2) is 9.97 Å². The molecule has 0 aliphatic heterocycles. The van der Waals surface area contributed by atoms with Crippen molar-refractivity contribution < 1.29 is 19.8 Å². The molecule has 4 rings (SSSR count). The van der Waals surface area contributed by atoms with E-state index in [0.717, 1.165) is 10.2 Å². The predicted molar refractivity (Wildman–Crippen MR) is 111 cm³/mol. The van der Waals surface area contributed by atoms with Gasteiger partial charge in [0.05, 0.1) is 22.1 Å². The molecule has 1 aromatic carbocycles. The lowest BCUT2D eigenvalue weighted by atomic mass is 10.1. The smallest absolute Gasteiger partial charge is 0.325 e. The normalized spacial score (nSPS) is 12.2. The third-order valence-electron chi connectivity index (χ3n) is 4.57. The molecule has 3 N–H and O–H groups in total. The fraction of sp³-hybridized carbons (Fsp3) is 0.150. The number of rotatable bonds is 5. The van der Waals surface area contributed by atoms with Crippen LogP contribution in [0.5, 0.6) is 5.75 Å². The summed E-state index contributed by atoms with van der Waals surface area (Å²) in [5, 5.41) is 22.6. The Morgan fingerprint density at radius 1 is 1.23 bits per heavy atom. The van der Waals surface area contributed by atoms with Gasteiger partial charge >= 0.3 is 5.97 Å². The topological polar surface area (TPSA) is 134 Å². The third kappa shape index (κ3) is 3.37. The second kappa shape index (κ2) is 7.56. The van der Waals surface area contributed by atoms with Crippen molar-refractivity contribution in [3.8, 4) is 5.75 Å². The first-order valence-corrected chi connectivity index (χ1v) is 9.77. The van der Waals surface area contributed by atoms with Crippen LogP contribution in [0.2, 0.25) is 0 Å². The summed E-state index contributed by atoms with van der Waals surface area (Å²) in [7, 11) is 0. The Labute approximate surface area is 173 Å². The SMILES string of the molecule is C[C@H](NC(=O)c1c(O)c2cccnc2n(Cc2nc3ccccc3s2)c1=O)C(=O)O. The highest BCUT2D eigenvalue weighted by Gasteiger charge is 2.25. The highest BCUT2D eigenvalue weighted by atomic mass is 32.1. The Bertz CT molecular complexity index is 1330. The minimum atomic E-state index is -1.26. The second-order valence-corrected chi connectivity index (χ2v) is 7.71. The maximum absolute atomic E-state index is 13.1. The van der Waals surface area contributed by atoms with E-state index in [4.69, 9.17) is 5.11 Å². The van der Waals surface area contributed by atoms with Crippen LogP contribution in [0.3, 0.4) is 0 Å². The third-order valence-corrected chi connectivity index (χ3v) is 5.59. The van der Waals surface area contributed by atoms with E-state index in [1.807, 2.05) is 24.3 Å². The number of aliphatic carboxylic acids is 1. The van der Waals surface area contributed by atoms with Gasteiger partial charge in [-0.2, -0.15) is 0 Å². The number of thiazole rings is 1. The van der Waals surface area contributed by atoms with Gasteiger partial charge in [0.25, 0.3) is 11.5 Å². The highest BCUT2D eigenvalue weighted by molar-refractivity contribution is 7.18. The number of hydrogen-bond donors (Lipinski definition) is 3. The Morgan fingerprint density at radius 2 is 2.00 bits per heavy atom. The summed E-state index contributed by atoms with van der Waals surface area (Å²) in [6, 6.07) is 9.38. The Balaban J connectivity index is 1.87. The summed E-state index contributed by atoms with van der Waals surface area (Å²) in [4.78, 5) is 45.5. The first-order chi connectivity index (χ1) is 14.4. The van der Waals surface area contributed by atoms with Crippen molar-refractivity contribution in [3.63, 3.8) is 0 Å². The number of nitrogens with zero attached hydrogens (tertiary/aromatic N) is 3. The first kappa shape index (κ1) is 19.5. The van der Waals surface area contributed by atoms with Gasteiger partial charge in [-0.1, -0.05) is 12.1 Å². The molecule has 0 spiro atoms. The number of nitrogens with one attached hydrogen (secondary N) is 1. The number of aromatic nitrogens is 3. The summed E-state index contributed by atoms with van der Waals surface area (Å²) in [5.74, 6) is -2.78. The molecule has 10 heteroatoms. The lowest BCUT2D eigenvalue weighted by Crippen LogP contribution is -2.41. The Kier molecular flexibility index (Phi) is 4.92. The molecular weight excluding hydrogens is 408 g/mol. The van der Waals surface area contributed by atoms with Gasteiger partial charge in [0.15, 0.2) is 0 Å². The molecule has 1 atom stereocenters. The zero-order valence-electron chi connectivity index (χ0n) is 15.7. The van der Waals surface area contributed by atoms with Crippen molar-refractivity contribution in [3.05, 3.63) is 63.5 Å². The van der Waals surface area contributed by atoms with Crippen LogP contribution in [0.4, 0.5) is 0 Å². The van der Waals surface area contributed by atoms with Crippen molar-refractivity contribution in [1.82, 2.24) is 19.9 Å². The van der Waals surface area contributed by atoms with E-state index in [2.05, 4.69) is 15.3 Å². The van der Waals surface area contributed by atoms with E-state index in [1.54, 1.807) is 6.07 Å². The lowest BCUT2D eigenvalue weighted by molar-refractivity contribution is -0.138. The monoisotopic (exact) mass is 424 g/mol. The number of para-hydroxylation sites is 1. The van der Waals surface area contributed by atoms with Crippen molar-refractivity contribution in [2.24, 2.45) is 0 Å². The molecular formula is C20H16N4O5S. The molecule has 0 saturated carbocycles. The van der Waals surface area contributed by atoms with E-state index in [-0.39, 0.29) is 17.6 Å². The molecule has 0 fully saturated rings. The van der Waals surface area contributed by atoms with Gasteiger partial charge in [-0.3, -0.25) is 19.0 Å². The maximum Gasteiger partial charge on any atom is 0.325 e. The molecule has 0 radical (unpaired) electrons. The lowest BCUT2D eigenvalue weighted by Gasteiger charge is -2.14. The van der Waals surface area contributed by atoms with E-state index in [1.165, 1.54) is 35.1 Å². The average Bonchev–Trinajstić information content (AvgIpc) is 3.13. The first-order valence-electron chi connectivity index (χ1n) is 8.95. The standard InChI is InChI=1S/C20H16N4O5S/c1-10(20(28)29)22-18(26)15-16(25)11-5-4-8-21-17(11)24(19(15)27)9-14-23-12-6-2-3-7-13(12)30-14/h2-8,10,25H,9H2,1H3,(H,22,26)(H,28,29)/t10-/m0/s1. The highest BCUT2D eigenvalue weighted by Crippen LogP contribution is 2.27. The van der Waals surface area contributed by atoms with Crippen molar-refractivity contribution in [1.29, 1.82) is 0 Å². The van der Waals surface area contributed by atoms with E-state index in [9.17, 15) is 19.5 Å². The molecule has 0 unspecified atom stereocenters. The number of carbonyl (C=O) groups is 2. The number of carboxylic acids is 1. The number of carboxylic acid groups (broad SMARTS) is 1. The molecule has 0 saturated heterocycles. The zero-order chi connectivity index (χ0) is 21.4. The van der Waals surface area contributed by atoms with Crippen molar-refractivity contribution >= 4 is 44.5 Å². The van der Waals surface area contributed by atoms with Gasteiger partial charge in [0.2, 0.25) is 0 Å². The fourth-order valence-electron chi connectivity index (χ4n) is 3.07. The summed E-state index contributed by atoms with van der Waals surface area (Å²) in [6.45, 7) is 1.31. The van der Waals surface area contributed by atoms with Gasteiger partial charge in [-0.05, 0) is 31.2 Å². The quantitative estimate of drug-likeness (QED) is 0.446. The molecule has 0 bridgehead atoms. The Hall–Kier alpha value is -3.79. The molecule has 4 aromatic rings. The molecule has 30 heavy (non-hydrogen) atoms. The number of hydrogen-bond acceptors (Lipinski definition) is 7. The average molecular weight is 424 g/mol. The fourth-order valence-corrected chi connectivity index (χ4v) is 4.03. The largest absolute Gasteiger partial charge is 0.506 e. The van der Waals surface area contributed by atoms with E-state index in [0.29, 0.717) is 5.01 Å². The number of fused-ring (bicyclic) bond motifs is 2. The van der Waals surface area contributed by atoms with Gasteiger partial charge in [-0.15, -0.1) is 11.3 Å². The van der Waals surface area contributed by atoms with Gasteiger partial charge < -0.3 is 15.5 Å². The maximum atomic E-state index is 13.1. The molecule has 0 aliphatic carbocycles. The van der Waals surface area contributed by atoms with Gasteiger partial charge in [0.1, 0.15) is 28.0 Å². The van der Waals surface area contributed by atoms with Crippen LogP contribution in [0, 0.1) is 0 Å². The molecule has 9 nitrogen and oxygen atoms in total. The number of amides is 1. The second-order valence-electron chi connectivity index (χ2n) is 6.60. The van der Waals surface area contributed by atoms with E-state index >= 15 is 0 Å². The number of pyridine rings is 2. The molecule has 3 heterocycles.